The van der Waals surface area contributed by atoms with Crippen molar-refractivity contribution in [2.24, 2.45) is 4.99 Å². The van der Waals surface area contributed by atoms with Gasteiger partial charge in [0.25, 0.3) is 0 Å². The molecule has 27 heavy (non-hydrogen) atoms. The highest BCUT2D eigenvalue weighted by atomic mass is 127. The SMILES string of the molecule is CCNC(=NCc1ccccc1CN(C)C)NC1CCN(C(=O)CC)C1.I. The minimum atomic E-state index is 0. The van der Waals surface area contributed by atoms with Crippen LogP contribution in [0.4, 0.5) is 0 Å². The van der Waals surface area contributed by atoms with E-state index >= 15 is 0 Å². The maximum absolute atomic E-state index is 11.9. The van der Waals surface area contributed by atoms with Crippen LogP contribution >= 0.6 is 24.0 Å². The molecule has 1 unspecified atom stereocenters. The van der Waals surface area contributed by atoms with E-state index in [1.165, 1.54) is 11.1 Å². The van der Waals surface area contributed by atoms with Crippen molar-refractivity contribution in [2.45, 2.75) is 45.8 Å². The molecule has 0 spiro atoms. The second kappa shape index (κ2) is 12.2. The van der Waals surface area contributed by atoms with Crippen molar-refractivity contribution in [3.8, 4) is 0 Å². The number of carbonyl (C=O) groups is 1. The van der Waals surface area contributed by atoms with Gasteiger partial charge in [0.15, 0.2) is 5.96 Å². The Bertz CT molecular complexity index is 620. The Morgan fingerprint density at radius 1 is 1.26 bits per heavy atom. The van der Waals surface area contributed by atoms with Crippen LogP contribution < -0.4 is 10.6 Å². The summed E-state index contributed by atoms with van der Waals surface area (Å²) in [5.41, 5.74) is 2.55. The zero-order valence-electron chi connectivity index (χ0n) is 17.0. The number of carbonyl (C=O) groups excluding carboxylic acids is 1. The Morgan fingerprint density at radius 2 is 1.96 bits per heavy atom. The van der Waals surface area contributed by atoms with E-state index in [0.717, 1.165) is 38.6 Å². The fourth-order valence-electron chi connectivity index (χ4n) is 3.21. The van der Waals surface area contributed by atoms with Gasteiger partial charge < -0.3 is 20.4 Å². The smallest absolute Gasteiger partial charge is 0.222 e. The normalized spacial score (nSPS) is 17.0. The quantitative estimate of drug-likeness (QED) is 0.353. The van der Waals surface area contributed by atoms with Gasteiger partial charge >= 0.3 is 0 Å². The Hall–Kier alpha value is -1.35. The molecule has 2 rings (SSSR count). The first-order valence-electron chi connectivity index (χ1n) is 9.57. The minimum Gasteiger partial charge on any atom is -0.357 e. The molecule has 1 fully saturated rings. The van der Waals surface area contributed by atoms with E-state index in [1.54, 1.807) is 0 Å². The van der Waals surface area contributed by atoms with Gasteiger partial charge in [0, 0.05) is 38.6 Å². The van der Waals surface area contributed by atoms with E-state index in [-0.39, 0.29) is 35.9 Å². The highest BCUT2D eigenvalue weighted by molar-refractivity contribution is 14.0. The topological polar surface area (TPSA) is 60.0 Å². The molecule has 0 aromatic heterocycles. The minimum absolute atomic E-state index is 0. The van der Waals surface area contributed by atoms with E-state index < -0.39 is 0 Å². The van der Waals surface area contributed by atoms with Gasteiger partial charge in [-0.25, -0.2) is 4.99 Å². The molecule has 0 saturated carbocycles. The van der Waals surface area contributed by atoms with Gasteiger partial charge in [-0.3, -0.25) is 4.79 Å². The van der Waals surface area contributed by atoms with E-state index in [1.807, 2.05) is 11.8 Å². The molecule has 1 aliphatic rings. The lowest BCUT2D eigenvalue weighted by Gasteiger charge is -2.19. The van der Waals surface area contributed by atoms with Crippen molar-refractivity contribution in [3.05, 3.63) is 35.4 Å². The first kappa shape index (κ1) is 23.7. The van der Waals surface area contributed by atoms with Crippen molar-refractivity contribution >= 4 is 35.8 Å². The molecule has 6 nitrogen and oxygen atoms in total. The van der Waals surface area contributed by atoms with Crippen molar-refractivity contribution in [1.82, 2.24) is 20.4 Å². The number of rotatable bonds is 7. The average molecular weight is 487 g/mol. The van der Waals surface area contributed by atoms with E-state index in [2.05, 4.69) is 60.8 Å². The van der Waals surface area contributed by atoms with Crippen LogP contribution in [0.5, 0.6) is 0 Å². The Labute approximate surface area is 180 Å². The maximum atomic E-state index is 11.9. The predicted octanol–water partition coefficient (Wildman–Crippen LogP) is 2.43. The zero-order chi connectivity index (χ0) is 18.9. The number of likely N-dealkylation sites (tertiary alicyclic amines) is 1. The lowest BCUT2D eigenvalue weighted by Crippen LogP contribution is -2.45. The van der Waals surface area contributed by atoms with Crippen molar-refractivity contribution in [2.75, 3.05) is 33.7 Å². The fraction of sp³-hybridized carbons (Fsp3) is 0.600. The standard InChI is InChI=1S/C20H33N5O.HI/c1-5-19(26)25-12-11-18(15-25)23-20(21-6-2)22-13-16-9-7-8-10-17(16)14-24(3)4;/h7-10,18H,5-6,11-15H2,1-4H3,(H2,21,22,23);1H. The van der Waals surface area contributed by atoms with Crippen LogP contribution in [0.3, 0.4) is 0 Å². The summed E-state index contributed by atoms with van der Waals surface area (Å²) in [4.78, 5) is 20.7. The van der Waals surface area contributed by atoms with Crippen LogP contribution in [0.25, 0.3) is 0 Å². The number of guanidine groups is 1. The number of nitrogens with zero attached hydrogens (tertiary/aromatic N) is 3. The first-order chi connectivity index (χ1) is 12.5. The van der Waals surface area contributed by atoms with E-state index in [0.29, 0.717) is 13.0 Å². The summed E-state index contributed by atoms with van der Waals surface area (Å²) in [5, 5.41) is 6.81. The van der Waals surface area contributed by atoms with Gasteiger partial charge in [-0.15, -0.1) is 24.0 Å². The van der Waals surface area contributed by atoms with Crippen LogP contribution in [0.1, 0.15) is 37.8 Å². The third-order valence-corrected chi connectivity index (χ3v) is 4.54. The van der Waals surface area contributed by atoms with Gasteiger partial charge in [0.1, 0.15) is 0 Å². The molecule has 1 amide bonds. The molecular weight excluding hydrogens is 453 g/mol. The molecule has 2 N–H and O–H groups in total. The molecule has 1 aliphatic heterocycles. The maximum Gasteiger partial charge on any atom is 0.222 e. The van der Waals surface area contributed by atoms with Gasteiger partial charge in [0.05, 0.1) is 6.54 Å². The van der Waals surface area contributed by atoms with Gasteiger partial charge in [-0.05, 0) is 38.6 Å². The molecule has 1 atom stereocenters. The third kappa shape index (κ3) is 7.65. The number of nitrogens with one attached hydrogen (secondary N) is 2. The van der Waals surface area contributed by atoms with Crippen LogP contribution in [-0.4, -0.2) is 61.4 Å². The predicted molar refractivity (Wildman–Crippen MR) is 122 cm³/mol. The van der Waals surface area contributed by atoms with Gasteiger partial charge in [-0.1, -0.05) is 31.2 Å². The summed E-state index contributed by atoms with van der Waals surface area (Å²) in [6, 6.07) is 8.71. The van der Waals surface area contributed by atoms with E-state index in [9.17, 15) is 4.79 Å². The Morgan fingerprint density at radius 3 is 2.59 bits per heavy atom. The first-order valence-corrected chi connectivity index (χ1v) is 9.57. The summed E-state index contributed by atoms with van der Waals surface area (Å²) in [6.07, 6.45) is 1.54. The summed E-state index contributed by atoms with van der Waals surface area (Å²) in [6.45, 7) is 7.94. The number of benzene rings is 1. The number of aliphatic imine (C=N–C) groups is 1. The molecule has 1 aromatic rings. The number of hydrogen-bond acceptors (Lipinski definition) is 3. The third-order valence-electron chi connectivity index (χ3n) is 4.54. The molecule has 1 saturated heterocycles. The molecule has 1 heterocycles. The molecule has 7 heteroatoms. The van der Waals surface area contributed by atoms with Crippen LogP contribution in [0, 0.1) is 0 Å². The lowest BCUT2D eigenvalue weighted by atomic mass is 10.1. The molecule has 1 aromatic carbocycles. The Kier molecular flexibility index (Phi) is 10.7. The number of amides is 1. The zero-order valence-corrected chi connectivity index (χ0v) is 19.3. The highest BCUT2D eigenvalue weighted by Gasteiger charge is 2.25. The number of halogens is 1. The molecule has 0 bridgehead atoms. The molecular formula is C20H34IN5O. The number of hydrogen-bond donors (Lipinski definition) is 2. The highest BCUT2D eigenvalue weighted by Crippen LogP contribution is 2.13. The van der Waals surface area contributed by atoms with Crippen LogP contribution in [0.15, 0.2) is 29.3 Å². The van der Waals surface area contributed by atoms with Gasteiger partial charge in [-0.2, -0.15) is 0 Å². The average Bonchev–Trinajstić information content (AvgIpc) is 3.08. The van der Waals surface area contributed by atoms with Crippen LogP contribution in [-0.2, 0) is 17.9 Å². The second-order valence-corrected chi connectivity index (χ2v) is 7.02. The van der Waals surface area contributed by atoms with Crippen molar-refractivity contribution < 1.29 is 4.79 Å². The summed E-state index contributed by atoms with van der Waals surface area (Å²) in [5.74, 6) is 1.05. The van der Waals surface area contributed by atoms with Crippen molar-refractivity contribution in [1.29, 1.82) is 0 Å². The molecule has 0 aliphatic carbocycles. The second-order valence-electron chi connectivity index (χ2n) is 7.02. The summed E-state index contributed by atoms with van der Waals surface area (Å²) >= 11 is 0. The summed E-state index contributed by atoms with van der Waals surface area (Å²) in [7, 11) is 4.16. The molecule has 0 radical (unpaired) electrons. The van der Waals surface area contributed by atoms with E-state index in [4.69, 9.17) is 4.99 Å². The van der Waals surface area contributed by atoms with Gasteiger partial charge in [0.2, 0.25) is 5.91 Å². The monoisotopic (exact) mass is 487 g/mol. The lowest BCUT2D eigenvalue weighted by molar-refractivity contribution is -0.129. The largest absolute Gasteiger partial charge is 0.357 e. The fourth-order valence-corrected chi connectivity index (χ4v) is 3.21. The van der Waals surface area contributed by atoms with Crippen molar-refractivity contribution in [3.63, 3.8) is 0 Å². The van der Waals surface area contributed by atoms with Crippen LogP contribution in [0.2, 0.25) is 0 Å². The molecule has 152 valence electrons. The summed E-state index contributed by atoms with van der Waals surface area (Å²) < 4.78 is 0. The Balaban J connectivity index is 0.00000364.